The van der Waals surface area contributed by atoms with E-state index in [2.05, 4.69) is 20.5 Å². The van der Waals surface area contributed by atoms with Crippen LogP contribution in [0.25, 0.3) is 5.57 Å². The van der Waals surface area contributed by atoms with Crippen LogP contribution >= 0.6 is 0 Å². The number of hydrogen-bond donors (Lipinski definition) is 3. The van der Waals surface area contributed by atoms with Gasteiger partial charge in [0.2, 0.25) is 5.91 Å². The first-order chi connectivity index (χ1) is 18.7. The summed E-state index contributed by atoms with van der Waals surface area (Å²) < 4.78 is 39.3. The zero-order chi connectivity index (χ0) is 27.6. The van der Waals surface area contributed by atoms with Crippen molar-refractivity contribution < 1.29 is 27.9 Å². The fraction of sp³-hybridized carbons (Fsp3) is 0.207. The second-order valence-electron chi connectivity index (χ2n) is 9.29. The average molecular weight is 535 g/mol. The van der Waals surface area contributed by atoms with Crippen molar-refractivity contribution >= 4 is 34.6 Å². The highest BCUT2D eigenvalue weighted by Crippen LogP contribution is 2.32. The van der Waals surface area contributed by atoms with E-state index in [9.17, 15) is 27.9 Å². The highest BCUT2D eigenvalue weighted by Gasteiger charge is 2.30. The Bertz CT molecular complexity index is 1440. The van der Waals surface area contributed by atoms with E-state index in [0.29, 0.717) is 33.6 Å². The summed E-state index contributed by atoms with van der Waals surface area (Å²) in [4.78, 5) is 31.1. The van der Waals surface area contributed by atoms with Gasteiger partial charge in [0.15, 0.2) is 0 Å². The molecule has 1 atom stereocenters. The molecule has 3 N–H and O–H groups in total. The number of alkyl halides is 3. The van der Waals surface area contributed by atoms with E-state index in [1.807, 2.05) is 12.1 Å². The van der Waals surface area contributed by atoms with Crippen molar-refractivity contribution in [3.05, 3.63) is 101 Å². The van der Waals surface area contributed by atoms with Crippen LogP contribution in [0.4, 0.5) is 30.4 Å². The summed E-state index contributed by atoms with van der Waals surface area (Å²) in [5.41, 5.74) is 2.65. The molecule has 39 heavy (non-hydrogen) atoms. The molecule has 2 amide bonds. The fourth-order valence-corrected chi connectivity index (χ4v) is 4.42. The summed E-state index contributed by atoms with van der Waals surface area (Å²) in [5.74, 6) is -0.123. The van der Waals surface area contributed by atoms with E-state index in [-0.39, 0.29) is 6.42 Å². The third kappa shape index (κ3) is 5.85. The third-order valence-corrected chi connectivity index (χ3v) is 6.66. The van der Waals surface area contributed by atoms with Crippen LogP contribution in [0, 0.1) is 0 Å². The van der Waals surface area contributed by atoms with Crippen LogP contribution < -0.4 is 15.5 Å². The Kier molecular flexibility index (Phi) is 7.21. The molecule has 200 valence electrons. The van der Waals surface area contributed by atoms with Crippen LogP contribution in [-0.4, -0.2) is 41.1 Å². The maximum Gasteiger partial charge on any atom is 0.416 e. The lowest BCUT2D eigenvalue weighted by molar-refractivity contribution is -0.137. The highest BCUT2D eigenvalue weighted by molar-refractivity contribution is 6.03. The van der Waals surface area contributed by atoms with Gasteiger partial charge in [-0.2, -0.15) is 13.2 Å². The Labute approximate surface area is 222 Å². The third-order valence-electron chi connectivity index (χ3n) is 6.66. The fourth-order valence-electron chi connectivity index (χ4n) is 4.42. The summed E-state index contributed by atoms with van der Waals surface area (Å²) in [6.07, 6.45) is 1.64. The summed E-state index contributed by atoms with van der Waals surface area (Å²) >= 11 is 0. The molecule has 2 aromatic carbocycles. The van der Waals surface area contributed by atoms with Gasteiger partial charge < -0.3 is 20.6 Å². The van der Waals surface area contributed by atoms with E-state index >= 15 is 0 Å². The van der Waals surface area contributed by atoms with Gasteiger partial charge in [0, 0.05) is 54.3 Å². The van der Waals surface area contributed by atoms with Crippen LogP contribution in [0.1, 0.15) is 28.7 Å². The second-order valence-corrected chi connectivity index (χ2v) is 9.29. The van der Waals surface area contributed by atoms with Crippen LogP contribution in [0.2, 0.25) is 0 Å². The minimum atomic E-state index is -4.45. The number of nitrogens with one attached hydrogen (secondary N) is 2. The molecule has 0 bridgehead atoms. The molecule has 1 unspecified atom stereocenters. The number of aliphatic hydroxyl groups excluding tert-OH is 1. The molecule has 3 aromatic rings. The number of fused-ring (bicyclic) bond motifs is 1. The first-order valence-corrected chi connectivity index (χ1v) is 12.4. The number of hydrogen-bond acceptors (Lipinski definition) is 5. The molecular weight excluding hydrogens is 509 g/mol. The number of benzene rings is 2. The van der Waals surface area contributed by atoms with Crippen LogP contribution in [-0.2, 0) is 22.2 Å². The molecule has 0 aliphatic carbocycles. The van der Waals surface area contributed by atoms with E-state index in [1.54, 1.807) is 30.5 Å². The lowest BCUT2D eigenvalue weighted by Gasteiger charge is -2.32. The van der Waals surface area contributed by atoms with Gasteiger partial charge in [0.05, 0.1) is 5.56 Å². The van der Waals surface area contributed by atoms with Gasteiger partial charge in [-0.15, -0.1) is 0 Å². The van der Waals surface area contributed by atoms with E-state index < -0.39 is 29.7 Å². The van der Waals surface area contributed by atoms with E-state index in [1.165, 1.54) is 24.3 Å². The number of aliphatic hydroxyl groups is 1. The number of nitrogens with zero attached hydrogens (tertiary/aromatic N) is 2. The Balaban J connectivity index is 1.39. The quantitative estimate of drug-likeness (QED) is 0.312. The molecule has 7 nitrogen and oxygen atoms in total. The van der Waals surface area contributed by atoms with Gasteiger partial charge in [0.25, 0.3) is 5.91 Å². The number of halogens is 3. The molecule has 3 heterocycles. The Morgan fingerprint density at radius 3 is 2.46 bits per heavy atom. The van der Waals surface area contributed by atoms with Crippen molar-refractivity contribution in [2.75, 3.05) is 28.6 Å². The summed E-state index contributed by atoms with van der Waals surface area (Å²) in [7, 11) is 0. The van der Waals surface area contributed by atoms with Crippen molar-refractivity contribution in [2.45, 2.75) is 25.1 Å². The minimum Gasteiger partial charge on any atom is -0.383 e. The van der Waals surface area contributed by atoms with Crippen LogP contribution in [0.3, 0.4) is 0 Å². The maximum absolute atomic E-state index is 13.1. The number of amides is 2. The lowest BCUT2D eigenvalue weighted by atomic mass is 9.97. The molecule has 2 aliphatic heterocycles. The van der Waals surface area contributed by atoms with Crippen molar-refractivity contribution in [3.63, 3.8) is 0 Å². The Morgan fingerprint density at radius 1 is 1.08 bits per heavy atom. The summed E-state index contributed by atoms with van der Waals surface area (Å²) in [6, 6.07) is 13.6. The van der Waals surface area contributed by atoms with Crippen molar-refractivity contribution in [1.82, 2.24) is 4.98 Å². The van der Waals surface area contributed by atoms with Gasteiger partial charge in [-0.1, -0.05) is 30.4 Å². The average Bonchev–Trinajstić information content (AvgIpc) is 2.87. The molecule has 10 heteroatoms. The van der Waals surface area contributed by atoms with E-state index in [0.717, 1.165) is 37.5 Å². The normalized spacial score (nSPS) is 17.4. The number of carbonyl (C=O) groups excluding carboxylic acids is 2. The molecule has 1 fully saturated rings. The monoisotopic (exact) mass is 534 g/mol. The molecule has 5 rings (SSSR count). The molecule has 1 aromatic heterocycles. The molecule has 1 saturated heterocycles. The smallest absolute Gasteiger partial charge is 0.383 e. The molecule has 0 saturated carbocycles. The lowest BCUT2D eigenvalue weighted by Crippen LogP contribution is -2.37. The highest BCUT2D eigenvalue weighted by atomic mass is 19.4. The standard InChI is InChI=1S/C29H25F3N4O3/c30-29(31,32)20-11-8-18(9-12-20)21(19-10-13-26(33-17-19)36-14-3-15-36)4-1-7-27(38)34-23-5-2-6-24-22(23)16-25(37)28(39)35-24/h1-2,4-13,17,25,37H,3,14-16H2,(H,34,38)(H,35,39)/b7-1+,21-4+. The number of aromatic nitrogens is 1. The Morgan fingerprint density at radius 2 is 1.82 bits per heavy atom. The van der Waals surface area contributed by atoms with Crippen molar-refractivity contribution in [1.29, 1.82) is 0 Å². The number of anilines is 3. The summed E-state index contributed by atoms with van der Waals surface area (Å²) in [6.45, 7) is 1.86. The minimum absolute atomic E-state index is 0.0692. The van der Waals surface area contributed by atoms with Gasteiger partial charge >= 0.3 is 6.18 Å². The number of rotatable bonds is 6. The predicted octanol–water partition coefficient (Wildman–Crippen LogP) is 4.79. The Hall–Kier alpha value is -4.44. The number of pyridine rings is 1. The van der Waals surface area contributed by atoms with Crippen LogP contribution in [0.5, 0.6) is 0 Å². The molecule has 2 aliphatic rings. The number of carbonyl (C=O) groups is 2. The zero-order valence-corrected chi connectivity index (χ0v) is 20.7. The topological polar surface area (TPSA) is 94.6 Å². The van der Waals surface area contributed by atoms with Crippen molar-refractivity contribution in [2.24, 2.45) is 0 Å². The number of allylic oxidation sites excluding steroid dienone is 2. The van der Waals surface area contributed by atoms with Gasteiger partial charge in [-0.05, 0) is 54.0 Å². The predicted molar refractivity (Wildman–Crippen MR) is 142 cm³/mol. The van der Waals surface area contributed by atoms with Gasteiger partial charge in [-0.25, -0.2) is 4.98 Å². The van der Waals surface area contributed by atoms with Gasteiger partial charge in [-0.3, -0.25) is 9.59 Å². The van der Waals surface area contributed by atoms with Gasteiger partial charge in [0.1, 0.15) is 11.9 Å². The second kappa shape index (κ2) is 10.7. The molecular formula is C29H25F3N4O3. The zero-order valence-electron chi connectivity index (χ0n) is 20.7. The summed E-state index contributed by atoms with van der Waals surface area (Å²) in [5, 5.41) is 15.3. The largest absolute Gasteiger partial charge is 0.416 e. The molecule has 0 spiro atoms. The maximum atomic E-state index is 13.1. The SMILES string of the molecule is O=C(/C=C/C=C(\c1ccc(C(F)(F)F)cc1)c1ccc(N2CCC2)nc1)Nc1cccc2c1CC(O)C(=O)N2. The first kappa shape index (κ1) is 26.2. The van der Waals surface area contributed by atoms with E-state index in [4.69, 9.17) is 0 Å². The molecule has 0 radical (unpaired) electrons. The van der Waals surface area contributed by atoms with Crippen LogP contribution in [0.15, 0.2) is 79.0 Å². The first-order valence-electron chi connectivity index (χ1n) is 12.4. The van der Waals surface area contributed by atoms with Crippen molar-refractivity contribution in [3.8, 4) is 0 Å².